The van der Waals surface area contributed by atoms with Crippen molar-refractivity contribution in [1.82, 2.24) is 19.4 Å². The van der Waals surface area contributed by atoms with Crippen LogP contribution >= 0.6 is 11.6 Å². The van der Waals surface area contributed by atoms with E-state index in [1.54, 1.807) is 61.1 Å². The Morgan fingerprint density at radius 2 is 1.95 bits per heavy atom. The zero-order chi connectivity index (χ0) is 31.3. The zero-order valence-corrected chi connectivity index (χ0v) is 24.7. The first kappa shape index (κ1) is 29.8. The molecule has 4 heterocycles. The molecule has 2 aliphatic heterocycles. The van der Waals surface area contributed by atoms with E-state index in [4.69, 9.17) is 21.1 Å². The van der Waals surface area contributed by atoms with Crippen molar-refractivity contribution in [2.45, 2.75) is 36.9 Å². The molecule has 2 atom stereocenters. The van der Waals surface area contributed by atoms with Crippen LogP contribution in [0.1, 0.15) is 57.3 Å². The van der Waals surface area contributed by atoms with Crippen molar-refractivity contribution < 1.29 is 28.2 Å². The molecule has 12 heteroatoms. The summed E-state index contributed by atoms with van der Waals surface area (Å²) < 4.78 is 45.2. The van der Waals surface area contributed by atoms with Gasteiger partial charge in [-0.1, -0.05) is 30.7 Å². The Bertz CT molecular complexity index is 1770. The summed E-state index contributed by atoms with van der Waals surface area (Å²) in [5.74, 6) is -1.46. The van der Waals surface area contributed by atoms with E-state index in [9.17, 15) is 15.2 Å². The number of nitriles is 1. The number of alkyl halides is 1. The maximum atomic E-state index is 16.7. The Morgan fingerprint density at radius 1 is 1.20 bits per heavy atom. The van der Waals surface area contributed by atoms with Crippen LogP contribution in [0.5, 0.6) is 0 Å². The Balaban J connectivity index is 1.57. The second-order valence-electron chi connectivity index (χ2n) is 11.1. The average Bonchev–Trinajstić information content (AvgIpc) is 3.55. The number of amides is 1. The van der Waals surface area contributed by atoms with Gasteiger partial charge < -0.3 is 19.1 Å². The number of carbonyl (C=O) groups is 1. The van der Waals surface area contributed by atoms with Crippen molar-refractivity contribution in [3.05, 3.63) is 117 Å². The van der Waals surface area contributed by atoms with Gasteiger partial charge in [0.1, 0.15) is 17.5 Å². The first-order valence-corrected chi connectivity index (χ1v) is 14.3. The third kappa shape index (κ3) is 4.84. The lowest BCUT2D eigenvalue weighted by Crippen LogP contribution is -2.54. The SMILES string of the molecule is CCC(O)(c1cc(F)c2c(c1)C(=O)N(Cc1ccc(C#N)cn1)[C@@]2(OCC1(F)COC1)c1ccc(Cl)cc1)c1cn(C)cn1. The highest BCUT2D eigenvalue weighted by Crippen LogP contribution is 2.49. The predicted molar refractivity (Wildman–Crippen MR) is 155 cm³/mol. The second-order valence-corrected chi connectivity index (χ2v) is 11.6. The molecule has 1 fully saturated rings. The van der Waals surface area contributed by atoms with E-state index < -0.39 is 35.3 Å². The van der Waals surface area contributed by atoms with E-state index in [1.807, 2.05) is 6.07 Å². The Morgan fingerprint density at radius 3 is 2.52 bits per heavy atom. The first-order chi connectivity index (χ1) is 21.0. The van der Waals surface area contributed by atoms with Crippen LogP contribution in [0.25, 0.3) is 0 Å². The third-order valence-electron chi connectivity index (χ3n) is 8.17. The van der Waals surface area contributed by atoms with Crippen LogP contribution in [0.4, 0.5) is 8.78 Å². The molecule has 6 rings (SSSR count). The van der Waals surface area contributed by atoms with E-state index in [0.29, 0.717) is 21.8 Å². The van der Waals surface area contributed by atoms with Gasteiger partial charge in [-0.05, 0) is 48.4 Å². The number of hydrogen-bond donors (Lipinski definition) is 1. The molecule has 1 unspecified atom stereocenters. The van der Waals surface area contributed by atoms with Crippen molar-refractivity contribution in [2.75, 3.05) is 19.8 Å². The van der Waals surface area contributed by atoms with Gasteiger partial charge in [0, 0.05) is 30.0 Å². The number of aryl methyl sites for hydroxylation is 1. The molecule has 44 heavy (non-hydrogen) atoms. The molecule has 0 aliphatic carbocycles. The van der Waals surface area contributed by atoms with Crippen LogP contribution < -0.4 is 0 Å². The molecule has 226 valence electrons. The fourth-order valence-corrected chi connectivity index (χ4v) is 5.85. The lowest BCUT2D eigenvalue weighted by atomic mass is 9.84. The van der Waals surface area contributed by atoms with Gasteiger partial charge in [0.2, 0.25) is 0 Å². The highest BCUT2D eigenvalue weighted by Gasteiger charge is 2.56. The summed E-state index contributed by atoms with van der Waals surface area (Å²) >= 11 is 6.20. The first-order valence-electron chi connectivity index (χ1n) is 13.9. The highest BCUT2D eigenvalue weighted by molar-refractivity contribution is 6.30. The lowest BCUT2D eigenvalue weighted by molar-refractivity contribution is -0.205. The molecule has 2 aromatic carbocycles. The summed E-state index contributed by atoms with van der Waals surface area (Å²) in [4.78, 5) is 24.3. The van der Waals surface area contributed by atoms with Gasteiger partial charge >= 0.3 is 0 Å². The number of ether oxygens (including phenoxy) is 2. The van der Waals surface area contributed by atoms with Crippen LogP contribution in [-0.2, 0) is 34.4 Å². The minimum atomic E-state index is -1.95. The molecular weight excluding hydrogens is 592 g/mol. The Kier molecular flexibility index (Phi) is 7.50. The molecule has 2 aromatic heterocycles. The lowest BCUT2D eigenvalue weighted by Gasteiger charge is -2.42. The number of rotatable bonds is 9. The molecule has 9 nitrogen and oxygen atoms in total. The number of aromatic nitrogens is 3. The quantitative estimate of drug-likeness (QED) is 0.288. The maximum Gasteiger partial charge on any atom is 0.257 e. The van der Waals surface area contributed by atoms with E-state index in [0.717, 1.165) is 0 Å². The van der Waals surface area contributed by atoms with Gasteiger partial charge in [0.15, 0.2) is 11.4 Å². The molecule has 1 amide bonds. The van der Waals surface area contributed by atoms with Gasteiger partial charge in [-0.25, -0.2) is 13.8 Å². The van der Waals surface area contributed by atoms with Crippen molar-refractivity contribution >= 4 is 17.5 Å². The molecule has 0 radical (unpaired) electrons. The summed E-state index contributed by atoms with van der Waals surface area (Å²) in [6.07, 6.45) is 4.65. The molecular formula is C32H28ClF2N5O4. The normalized spacial score (nSPS) is 20.1. The molecule has 4 aromatic rings. The van der Waals surface area contributed by atoms with E-state index in [-0.39, 0.29) is 48.6 Å². The fourth-order valence-electron chi connectivity index (χ4n) is 5.72. The number of fused-ring (bicyclic) bond motifs is 1. The number of halogens is 3. The van der Waals surface area contributed by atoms with Gasteiger partial charge in [0.05, 0.1) is 60.8 Å². The maximum absolute atomic E-state index is 16.7. The number of imidazole rings is 1. The van der Waals surface area contributed by atoms with Crippen molar-refractivity contribution in [3.63, 3.8) is 0 Å². The van der Waals surface area contributed by atoms with E-state index >= 15 is 8.78 Å². The van der Waals surface area contributed by atoms with Crippen molar-refractivity contribution in [3.8, 4) is 6.07 Å². The number of hydrogen-bond acceptors (Lipinski definition) is 7. The molecule has 0 saturated carbocycles. The minimum absolute atomic E-state index is 0.0656. The summed E-state index contributed by atoms with van der Waals surface area (Å²) in [7, 11) is 1.75. The molecule has 0 spiro atoms. The molecule has 0 bridgehead atoms. The number of nitrogens with zero attached hydrogens (tertiary/aromatic N) is 5. The monoisotopic (exact) mass is 619 g/mol. The smallest absolute Gasteiger partial charge is 0.257 e. The van der Waals surface area contributed by atoms with E-state index in [1.165, 1.54) is 29.6 Å². The Labute approximate surface area is 257 Å². The summed E-state index contributed by atoms with van der Waals surface area (Å²) in [6, 6.07) is 14.1. The van der Waals surface area contributed by atoms with E-state index in [2.05, 4.69) is 9.97 Å². The summed E-state index contributed by atoms with van der Waals surface area (Å²) in [6.45, 7) is 0.624. The second kappa shape index (κ2) is 11.1. The van der Waals surface area contributed by atoms with Gasteiger partial charge in [0.25, 0.3) is 5.91 Å². The van der Waals surface area contributed by atoms with Crippen LogP contribution in [0.2, 0.25) is 5.02 Å². The number of pyridine rings is 1. The van der Waals surface area contributed by atoms with Crippen LogP contribution in [0.15, 0.2) is 67.3 Å². The average molecular weight is 620 g/mol. The third-order valence-corrected chi connectivity index (χ3v) is 8.43. The van der Waals surface area contributed by atoms with Crippen molar-refractivity contribution in [2.24, 2.45) is 7.05 Å². The zero-order valence-electron chi connectivity index (χ0n) is 23.9. The number of carbonyl (C=O) groups excluding carboxylic acids is 1. The van der Waals surface area contributed by atoms with Gasteiger partial charge in [-0.3, -0.25) is 14.7 Å². The molecule has 2 aliphatic rings. The standard InChI is InChI=1S/C32H28ClF2N5O4/c1-3-31(42,27-15-39(2)19-38-27)22-10-25-28(26(34)11-22)32(21-5-7-23(33)8-6-21,44-18-30(35)16-43-17-30)40(29(25)41)14-24-9-4-20(12-36)13-37-24/h4-11,13,15,19,42H,3,14,16-18H2,1-2H3/t31?,32-/m1/s1. The fraction of sp³-hybridized carbons (Fsp3) is 0.312. The highest BCUT2D eigenvalue weighted by atomic mass is 35.5. The largest absolute Gasteiger partial charge is 0.379 e. The predicted octanol–water partition coefficient (Wildman–Crippen LogP) is 4.74. The number of aliphatic hydroxyl groups is 1. The number of benzene rings is 2. The topological polar surface area (TPSA) is 114 Å². The molecule has 1 N–H and O–H groups in total. The van der Waals surface area contributed by atoms with Gasteiger partial charge in [-0.2, -0.15) is 5.26 Å². The van der Waals surface area contributed by atoms with Crippen LogP contribution in [0, 0.1) is 17.1 Å². The van der Waals surface area contributed by atoms with Gasteiger partial charge in [-0.15, -0.1) is 0 Å². The summed E-state index contributed by atoms with van der Waals surface area (Å²) in [5.41, 5.74) is -4.26. The minimum Gasteiger partial charge on any atom is -0.379 e. The van der Waals surface area contributed by atoms with Crippen LogP contribution in [0.3, 0.4) is 0 Å². The molecule has 1 saturated heterocycles. The Hall–Kier alpha value is -4.21. The van der Waals surface area contributed by atoms with Crippen LogP contribution in [-0.4, -0.2) is 55.9 Å². The summed E-state index contributed by atoms with van der Waals surface area (Å²) in [5, 5.41) is 21.4. The van der Waals surface area contributed by atoms with Crippen molar-refractivity contribution in [1.29, 1.82) is 5.26 Å².